The van der Waals surface area contributed by atoms with Crippen LogP contribution >= 0.6 is 0 Å². The highest BCUT2D eigenvalue weighted by Gasteiger charge is 2.13. The van der Waals surface area contributed by atoms with Crippen molar-refractivity contribution >= 4 is 17.3 Å². The summed E-state index contributed by atoms with van der Waals surface area (Å²) in [4.78, 5) is 14.2. The quantitative estimate of drug-likeness (QED) is 0.820. The van der Waals surface area contributed by atoms with Gasteiger partial charge in [-0.15, -0.1) is 6.58 Å². The van der Waals surface area contributed by atoms with Gasteiger partial charge in [0.2, 0.25) is 5.91 Å². The lowest BCUT2D eigenvalue weighted by Crippen LogP contribution is -2.35. The van der Waals surface area contributed by atoms with Gasteiger partial charge in [-0.05, 0) is 30.7 Å². The van der Waals surface area contributed by atoms with Crippen molar-refractivity contribution < 1.29 is 4.79 Å². The highest BCUT2D eigenvalue weighted by Crippen LogP contribution is 2.15. The Labute approximate surface area is 125 Å². The standard InChI is InChI=1S/C18H20N2O/c1-3-13-20(16-10-5-4-6-11-16)18(21)14-19-17-12-8-7-9-15(17)2/h3-12,19H,1,13-14H2,2H3. The van der Waals surface area contributed by atoms with Crippen LogP contribution in [-0.2, 0) is 4.79 Å². The number of aryl methyl sites for hydroxylation is 1. The van der Waals surface area contributed by atoms with Crippen molar-refractivity contribution in [3.63, 3.8) is 0 Å². The van der Waals surface area contributed by atoms with Gasteiger partial charge in [0.1, 0.15) is 0 Å². The lowest BCUT2D eigenvalue weighted by atomic mass is 10.2. The monoisotopic (exact) mass is 280 g/mol. The summed E-state index contributed by atoms with van der Waals surface area (Å²) in [5.74, 6) is 0.0179. The molecule has 3 nitrogen and oxygen atoms in total. The van der Waals surface area contributed by atoms with Crippen LogP contribution in [0.25, 0.3) is 0 Å². The molecular formula is C18H20N2O. The van der Waals surface area contributed by atoms with Gasteiger partial charge < -0.3 is 10.2 Å². The zero-order valence-electron chi connectivity index (χ0n) is 12.3. The smallest absolute Gasteiger partial charge is 0.246 e. The van der Waals surface area contributed by atoms with Crippen LogP contribution < -0.4 is 10.2 Å². The Morgan fingerprint density at radius 2 is 1.81 bits per heavy atom. The summed E-state index contributed by atoms with van der Waals surface area (Å²) < 4.78 is 0. The number of carbonyl (C=O) groups is 1. The van der Waals surface area contributed by atoms with Crippen LogP contribution in [0.15, 0.2) is 67.3 Å². The lowest BCUT2D eigenvalue weighted by Gasteiger charge is -2.22. The molecule has 0 saturated carbocycles. The van der Waals surface area contributed by atoms with E-state index in [-0.39, 0.29) is 12.5 Å². The number of rotatable bonds is 6. The minimum Gasteiger partial charge on any atom is -0.376 e. The molecule has 0 atom stereocenters. The second-order valence-corrected chi connectivity index (χ2v) is 4.80. The second kappa shape index (κ2) is 7.29. The number of para-hydroxylation sites is 2. The molecule has 0 unspecified atom stereocenters. The Morgan fingerprint density at radius 3 is 2.48 bits per heavy atom. The summed E-state index contributed by atoms with van der Waals surface area (Å²) >= 11 is 0. The van der Waals surface area contributed by atoms with E-state index in [1.807, 2.05) is 61.5 Å². The summed E-state index contributed by atoms with van der Waals surface area (Å²) in [6.45, 7) is 6.50. The zero-order chi connectivity index (χ0) is 15.1. The Hall–Kier alpha value is -2.55. The Morgan fingerprint density at radius 1 is 1.14 bits per heavy atom. The summed E-state index contributed by atoms with van der Waals surface area (Å²) in [5, 5.41) is 3.20. The molecule has 2 rings (SSSR count). The highest BCUT2D eigenvalue weighted by molar-refractivity contribution is 5.96. The Bertz CT molecular complexity index is 608. The van der Waals surface area contributed by atoms with E-state index >= 15 is 0 Å². The number of hydrogen-bond acceptors (Lipinski definition) is 2. The van der Waals surface area contributed by atoms with E-state index in [0.717, 1.165) is 16.9 Å². The first kappa shape index (κ1) is 14.9. The number of anilines is 2. The molecule has 0 fully saturated rings. The summed E-state index contributed by atoms with van der Waals surface area (Å²) in [7, 11) is 0. The van der Waals surface area contributed by atoms with Crippen molar-refractivity contribution in [1.29, 1.82) is 0 Å². The van der Waals surface area contributed by atoms with Crippen LogP contribution in [0.5, 0.6) is 0 Å². The number of benzene rings is 2. The number of amides is 1. The molecule has 1 amide bonds. The van der Waals surface area contributed by atoms with E-state index in [2.05, 4.69) is 11.9 Å². The molecule has 0 radical (unpaired) electrons. The van der Waals surface area contributed by atoms with Gasteiger partial charge in [0.15, 0.2) is 0 Å². The SMILES string of the molecule is C=CCN(C(=O)CNc1ccccc1C)c1ccccc1. The number of hydrogen-bond donors (Lipinski definition) is 1. The van der Waals surface area contributed by atoms with Crippen LogP contribution in [0.1, 0.15) is 5.56 Å². The van der Waals surface area contributed by atoms with Crippen molar-refractivity contribution in [1.82, 2.24) is 0 Å². The van der Waals surface area contributed by atoms with Gasteiger partial charge in [-0.25, -0.2) is 0 Å². The van der Waals surface area contributed by atoms with E-state index in [1.165, 1.54) is 0 Å². The van der Waals surface area contributed by atoms with Gasteiger partial charge in [0, 0.05) is 17.9 Å². The first-order chi connectivity index (χ1) is 10.2. The molecule has 0 bridgehead atoms. The fourth-order valence-electron chi connectivity index (χ4n) is 2.13. The maximum Gasteiger partial charge on any atom is 0.246 e. The van der Waals surface area contributed by atoms with E-state index in [1.54, 1.807) is 11.0 Å². The molecule has 0 spiro atoms. The van der Waals surface area contributed by atoms with Crippen LogP contribution in [0.2, 0.25) is 0 Å². The van der Waals surface area contributed by atoms with Crippen molar-refractivity contribution in [2.45, 2.75) is 6.92 Å². The molecular weight excluding hydrogens is 260 g/mol. The summed E-state index contributed by atoms with van der Waals surface area (Å²) in [6.07, 6.45) is 1.73. The van der Waals surface area contributed by atoms with Gasteiger partial charge in [-0.1, -0.05) is 42.5 Å². The Kier molecular flexibility index (Phi) is 5.16. The number of nitrogens with zero attached hydrogens (tertiary/aromatic N) is 1. The second-order valence-electron chi connectivity index (χ2n) is 4.80. The van der Waals surface area contributed by atoms with Crippen molar-refractivity contribution in [2.24, 2.45) is 0 Å². The zero-order valence-corrected chi connectivity index (χ0v) is 12.3. The predicted molar refractivity (Wildman–Crippen MR) is 88.7 cm³/mol. The third-order valence-corrected chi connectivity index (χ3v) is 3.26. The summed E-state index contributed by atoms with van der Waals surface area (Å²) in [6, 6.07) is 17.6. The molecule has 0 aliphatic rings. The molecule has 1 N–H and O–H groups in total. The molecule has 0 aliphatic carbocycles. The van der Waals surface area contributed by atoms with Crippen molar-refractivity contribution in [2.75, 3.05) is 23.3 Å². The van der Waals surface area contributed by atoms with Gasteiger partial charge in [-0.3, -0.25) is 4.79 Å². The van der Waals surface area contributed by atoms with Crippen LogP contribution in [-0.4, -0.2) is 19.0 Å². The largest absolute Gasteiger partial charge is 0.376 e. The van der Waals surface area contributed by atoms with E-state index in [9.17, 15) is 4.79 Å². The molecule has 0 aliphatic heterocycles. The first-order valence-corrected chi connectivity index (χ1v) is 6.98. The normalized spacial score (nSPS) is 9.95. The molecule has 2 aromatic carbocycles. The third kappa shape index (κ3) is 3.96. The molecule has 0 aromatic heterocycles. The first-order valence-electron chi connectivity index (χ1n) is 6.98. The predicted octanol–water partition coefficient (Wildman–Crippen LogP) is 3.63. The van der Waals surface area contributed by atoms with Gasteiger partial charge in [0.25, 0.3) is 0 Å². The molecule has 3 heteroatoms. The van der Waals surface area contributed by atoms with Crippen LogP contribution in [0, 0.1) is 6.92 Å². The van der Waals surface area contributed by atoms with Crippen molar-refractivity contribution in [3.05, 3.63) is 72.8 Å². The minimum absolute atomic E-state index is 0.0179. The van der Waals surface area contributed by atoms with Crippen LogP contribution in [0.3, 0.4) is 0 Å². The fourth-order valence-corrected chi connectivity index (χ4v) is 2.13. The molecule has 108 valence electrons. The highest BCUT2D eigenvalue weighted by atomic mass is 16.2. The Balaban J connectivity index is 2.06. The lowest BCUT2D eigenvalue weighted by molar-refractivity contribution is -0.116. The average Bonchev–Trinajstić information content (AvgIpc) is 2.52. The maximum atomic E-state index is 12.4. The number of carbonyl (C=O) groups excluding carboxylic acids is 1. The molecule has 0 saturated heterocycles. The van der Waals surface area contributed by atoms with E-state index in [4.69, 9.17) is 0 Å². The molecule has 2 aromatic rings. The number of nitrogens with one attached hydrogen (secondary N) is 1. The van der Waals surface area contributed by atoms with Gasteiger partial charge in [0.05, 0.1) is 6.54 Å². The average molecular weight is 280 g/mol. The molecule has 0 heterocycles. The van der Waals surface area contributed by atoms with E-state index in [0.29, 0.717) is 6.54 Å². The van der Waals surface area contributed by atoms with Gasteiger partial charge in [-0.2, -0.15) is 0 Å². The van der Waals surface area contributed by atoms with Gasteiger partial charge >= 0.3 is 0 Å². The fraction of sp³-hybridized carbons (Fsp3) is 0.167. The molecule has 21 heavy (non-hydrogen) atoms. The topological polar surface area (TPSA) is 32.3 Å². The van der Waals surface area contributed by atoms with Crippen LogP contribution in [0.4, 0.5) is 11.4 Å². The maximum absolute atomic E-state index is 12.4. The minimum atomic E-state index is 0.0179. The van der Waals surface area contributed by atoms with Crippen molar-refractivity contribution in [3.8, 4) is 0 Å². The summed E-state index contributed by atoms with van der Waals surface area (Å²) in [5.41, 5.74) is 2.99. The third-order valence-electron chi connectivity index (χ3n) is 3.26. The van der Waals surface area contributed by atoms with E-state index < -0.39 is 0 Å².